The Morgan fingerprint density at radius 1 is 1.27 bits per heavy atom. The Labute approximate surface area is 170 Å². The summed E-state index contributed by atoms with van der Waals surface area (Å²) in [5, 5.41) is 5.90. The SMILES string of the molecule is Nc1[nH]nc2nc(C3CCCCN3C(=O)COc3ccccc3)cc(C(F)(F)F)c12. The first-order valence-corrected chi connectivity index (χ1v) is 9.53. The molecule has 0 radical (unpaired) electrons. The predicted octanol–water partition coefficient (Wildman–Crippen LogP) is 3.69. The van der Waals surface area contributed by atoms with Crippen molar-refractivity contribution in [1.82, 2.24) is 20.1 Å². The van der Waals surface area contributed by atoms with Crippen LogP contribution in [0.3, 0.4) is 0 Å². The molecule has 1 fully saturated rings. The molecule has 0 saturated carbocycles. The van der Waals surface area contributed by atoms with E-state index >= 15 is 0 Å². The predicted molar refractivity (Wildman–Crippen MR) is 104 cm³/mol. The van der Waals surface area contributed by atoms with Crippen LogP contribution < -0.4 is 10.5 Å². The van der Waals surface area contributed by atoms with Gasteiger partial charge in [0.2, 0.25) is 0 Å². The molecule has 3 heterocycles. The molecule has 1 saturated heterocycles. The number of hydrogen-bond donors (Lipinski definition) is 2. The number of nitrogens with one attached hydrogen (secondary N) is 1. The fourth-order valence-corrected chi connectivity index (χ4v) is 3.74. The molecular weight excluding hydrogens is 399 g/mol. The van der Waals surface area contributed by atoms with Gasteiger partial charge >= 0.3 is 6.18 Å². The van der Waals surface area contributed by atoms with Crippen LogP contribution in [0.1, 0.15) is 36.6 Å². The molecule has 3 N–H and O–H groups in total. The summed E-state index contributed by atoms with van der Waals surface area (Å²) in [5.41, 5.74) is 4.76. The molecule has 158 valence electrons. The van der Waals surface area contributed by atoms with E-state index in [0.717, 1.165) is 18.9 Å². The number of piperidine rings is 1. The number of carbonyl (C=O) groups is 1. The van der Waals surface area contributed by atoms with Crippen LogP contribution in [0, 0.1) is 0 Å². The normalized spacial score (nSPS) is 17.3. The van der Waals surface area contributed by atoms with E-state index in [1.807, 2.05) is 6.07 Å². The average Bonchev–Trinajstić information content (AvgIpc) is 3.12. The van der Waals surface area contributed by atoms with Crippen LogP contribution in [0.15, 0.2) is 36.4 Å². The minimum Gasteiger partial charge on any atom is -0.484 e. The summed E-state index contributed by atoms with van der Waals surface area (Å²) in [6, 6.07) is 9.25. The molecule has 1 amide bonds. The third-order valence-electron chi connectivity index (χ3n) is 5.15. The molecule has 1 atom stereocenters. The molecule has 0 spiro atoms. The van der Waals surface area contributed by atoms with E-state index in [1.54, 1.807) is 24.3 Å². The van der Waals surface area contributed by atoms with E-state index in [-0.39, 0.29) is 35.1 Å². The summed E-state index contributed by atoms with van der Waals surface area (Å²) < 4.78 is 46.5. The summed E-state index contributed by atoms with van der Waals surface area (Å²) in [6.45, 7) is 0.218. The Balaban J connectivity index is 1.64. The molecule has 1 unspecified atom stereocenters. The fraction of sp³-hybridized carbons (Fsp3) is 0.350. The van der Waals surface area contributed by atoms with Crippen molar-refractivity contribution in [3.8, 4) is 5.75 Å². The van der Waals surface area contributed by atoms with Crippen LogP contribution in [-0.4, -0.2) is 39.1 Å². The molecule has 30 heavy (non-hydrogen) atoms. The lowest BCUT2D eigenvalue weighted by Crippen LogP contribution is -2.41. The number of rotatable bonds is 4. The van der Waals surface area contributed by atoms with Gasteiger partial charge in [0.25, 0.3) is 5.91 Å². The number of pyridine rings is 1. The lowest BCUT2D eigenvalue weighted by Gasteiger charge is -2.35. The van der Waals surface area contributed by atoms with Crippen molar-refractivity contribution in [1.29, 1.82) is 0 Å². The minimum atomic E-state index is -4.63. The van der Waals surface area contributed by atoms with Gasteiger partial charge in [-0.05, 0) is 37.5 Å². The lowest BCUT2D eigenvalue weighted by atomic mass is 9.97. The Morgan fingerprint density at radius 3 is 2.77 bits per heavy atom. The van der Waals surface area contributed by atoms with Crippen LogP contribution in [-0.2, 0) is 11.0 Å². The fourth-order valence-electron chi connectivity index (χ4n) is 3.74. The van der Waals surface area contributed by atoms with Crippen molar-refractivity contribution < 1.29 is 22.7 Å². The van der Waals surface area contributed by atoms with Gasteiger partial charge in [0.05, 0.1) is 22.7 Å². The maximum absolute atomic E-state index is 13.7. The maximum atomic E-state index is 13.7. The smallest absolute Gasteiger partial charge is 0.417 e. The second kappa shape index (κ2) is 7.85. The van der Waals surface area contributed by atoms with E-state index in [2.05, 4.69) is 15.2 Å². The number of carbonyl (C=O) groups excluding carboxylic acids is 1. The van der Waals surface area contributed by atoms with Crippen molar-refractivity contribution in [2.75, 3.05) is 18.9 Å². The van der Waals surface area contributed by atoms with Gasteiger partial charge in [0.1, 0.15) is 11.6 Å². The number of alkyl halides is 3. The van der Waals surface area contributed by atoms with Gasteiger partial charge in [-0.25, -0.2) is 4.98 Å². The Bertz CT molecular complexity index is 1050. The number of likely N-dealkylation sites (tertiary alicyclic amines) is 1. The van der Waals surface area contributed by atoms with Crippen molar-refractivity contribution in [3.63, 3.8) is 0 Å². The van der Waals surface area contributed by atoms with Gasteiger partial charge in [-0.1, -0.05) is 18.2 Å². The minimum absolute atomic E-state index is 0.115. The van der Waals surface area contributed by atoms with Crippen molar-refractivity contribution in [2.24, 2.45) is 0 Å². The summed E-state index contributed by atoms with van der Waals surface area (Å²) in [6.07, 6.45) is -2.59. The third kappa shape index (κ3) is 3.89. The highest BCUT2D eigenvalue weighted by Crippen LogP contribution is 2.39. The highest BCUT2D eigenvalue weighted by molar-refractivity contribution is 5.90. The molecule has 7 nitrogen and oxygen atoms in total. The number of halogens is 3. The number of ether oxygens (including phenoxy) is 1. The number of H-pyrrole nitrogens is 1. The van der Waals surface area contributed by atoms with Crippen molar-refractivity contribution in [2.45, 2.75) is 31.5 Å². The van der Waals surface area contributed by atoms with Crippen LogP contribution in [0.2, 0.25) is 0 Å². The number of amides is 1. The molecule has 10 heteroatoms. The lowest BCUT2D eigenvalue weighted by molar-refractivity contribution is -0.137. The van der Waals surface area contributed by atoms with Crippen LogP contribution in [0.25, 0.3) is 11.0 Å². The third-order valence-corrected chi connectivity index (χ3v) is 5.15. The second-order valence-electron chi connectivity index (χ2n) is 7.13. The van der Waals surface area contributed by atoms with Gasteiger partial charge in [0, 0.05) is 6.54 Å². The Morgan fingerprint density at radius 2 is 2.03 bits per heavy atom. The number of nitrogens with zero attached hydrogens (tertiary/aromatic N) is 3. The average molecular weight is 419 g/mol. The van der Waals surface area contributed by atoms with E-state index in [0.29, 0.717) is 18.7 Å². The number of hydrogen-bond acceptors (Lipinski definition) is 5. The molecule has 3 aromatic rings. The van der Waals surface area contributed by atoms with Crippen LogP contribution in [0.4, 0.5) is 19.0 Å². The first-order valence-electron chi connectivity index (χ1n) is 9.53. The monoisotopic (exact) mass is 419 g/mol. The van der Waals surface area contributed by atoms with Gasteiger partial charge in [-0.3, -0.25) is 9.89 Å². The number of anilines is 1. The number of aromatic nitrogens is 3. The summed E-state index contributed by atoms with van der Waals surface area (Å²) in [4.78, 5) is 18.6. The number of fused-ring (bicyclic) bond motifs is 1. The molecule has 1 aromatic carbocycles. The molecule has 2 aromatic heterocycles. The molecule has 1 aliphatic heterocycles. The standard InChI is InChI=1S/C20H20F3N5O2/c21-20(22,23)13-10-14(25-19-17(13)18(24)26-27-19)15-8-4-5-9-28(15)16(29)11-30-12-6-2-1-3-7-12/h1-3,6-7,10,15H,4-5,8-9,11H2,(H3,24,25,26,27). The van der Waals surface area contributed by atoms with Gasteiger partial charge in [-0.15, -0.1) is 0 Å². The Kier molecular flexibility index (Phi) is 5.23. The quantitative estimate of drug-likeness (QED) is 0.672. The van der Waals surface area contributed by atoms with Crippen molar-refractivity contribution in [3.05, 3.63) is 47.7 Å². The summed E-state index contributed by atoms with van der Waals surface area (Å²) in [5.74, 6) is 0.0510. The van der Waals surface area contributed by atoms with Gasteiger partial charge in [0.15, 0.2) is 12.3 Å². The first-order chi connectivity index (χ1) is 14.3. The number of nitrogens with two attached hydrogens (primary N) is 1. The molecule has 0 aliphatic carbocycles. The molecule has 0 bridgehead atoms. The zero-order valence-corrected chi connectivity index (χ0v) is 15.9. The van der Waals surface area contributed by atoms with Crippen LogP contribution >= 0.6 is 0 Å². The van der Waals surface area contributed by atoms with E-state index in [1.165, 1.54) is 4.90 Å². The number of para-hydroxylation sites is 1. The van der Waals surface area contributed by atoms with E-state index in [9.17, 15) is 18.0 Å². The molecule has 4 rings (SSSR count). The zero-order chi connectivity index (χ0) is 21.3. The number of nitrogen functional groups attached to an aromatic ring is 1. The zero-order valence-electron chi connectivity index (χ0n) is 15.9. The van der Waals surface area contributed by atoms with E-state index < -0.39 is 17.8 Å². The maximum Gasteiger partial charge on any atom is 0.417 e. The molecular formula is C20H20F3N5O2. The summed E-state index contributed by atoms with van der Waals surface area (Å²) in [7, 11) is 0. The van der Waals surface area contributed by atoms with E-state index in [4.69, 9.17) is 10.5 Å². The summed E-state index contributed by atoms with van der Waals surface area (Å²) >= 11 is 0. The largest absolute Gasteiger partial charge is 0.484 e. The topological polar surface area (TPSA) is 97.1 Å². The highest BCUT2D eigenvalue weighted by Gasteiger charge is 2.37. The first kappa shape index (κ1) is 20.0. The van der Waals surface area contributed by atoms with Gasteiger partial charge < -0.3 is 15.4 Å². The second-order valence-corrected chi connectivity index (χ2v) is 7.13. The number of aromatic amines is 1. The Hall–Kier alpha value is -3.30. The molecule has 1 aliphatic rings. The van der Waals surface area contributed by atoms with Gasteiger partial charge in [-0.2, -0.15) is 18.3 Å². The highest BCUT2D eigenvalue weighted by atomic mass is 19.4. The number of benzene rings is 1. The van der Waals surface area contributed by atoms with Crippen LogP contribution in [0.5, 0.6) is 5.75 Å². The van der Waals surface area contributed by atoms with Crippen molar-refractivity contribution >= 4 is 22.8 Å².